The van der Waals surface area contributed by atoms with Crippen LogP contribution in [0.4, 0.5) is 0 Å². The zero-order valence-corrected chi connectivity index (χ0v) is 16.6. The first kappa shape index (κ1) is 18.4. The van der Waals surface area contributed by atoms with E-state index in [4.69, 9.17) is 4.98 Å². The van der Waals surface area contributed by atoms with Gasteiger partial charge >= 0.3 is 0 Å². The number of amides is 1. The van der Waals surface area contributed by atoms with Gasteiger partial charge in [0, 0.05) is 43.0 Å². The lowest BCUT2D eigenvalue weighted by molar-refractivity contribution is -0.134. The van der Waals surface area contributed by atoms with Crippen molar-refractivity contribution in [3.8, 4) is 0 Å². The maximum Gasteiger partial charge on any atom is 0.254 e. The molecule has 1 saturated heterocycles. The van der Waals surface area contributed by atoms with Crippen LogP contribution in [0.25, 0.3) is 0 Å². The fraction of sp³-hybridized carbons (Fsp3) is 0.550. The maximum atomic E-state index is 12.7. The molecule has 6 nitrogen and oxygen atoms in total. The zero-order chi connectivity index (χ0) is 18.8. The average molecular weight is 387 g/mol. The van der Waals surface area contributed by atoms with Gasteiger partial charge in [-0.1, -0.05) is 13.0 Å². The second kappa shape index (κ2) is 7.94. The van der Waals surface area contributed by atoms with E-state index in [2.05, 4.69) is 27.4 Å². The Morgan fingerprint density at radius 3 is 3.04 bits per heavy atom. The Labute approximate surface area is 163 Å². The fourth-order valence-corrected chi connectivity index (χ4v) is 4.89. The summed E-state index contributed by atoms with van der Waals surface area (Å²) in [5.74, 6) is 0.803. The van der Waals surface area contributed by atoms with Gasteiger partial charge in [-0.2, -0.15) is 0 Å². The van der Waals surface area contributed by atoms with Gasteiger partial charge in [-0.15, -0.1) is 11.3 Å². The summed E-state index contributed by atoms with van der Waals surface area (Å²) in [6.07, 6.45) is 4.16. The number of aromatic nitrogens is 2. The lowest BCUT2D eigenvalue weighted by atomic mass is 10.00. The van der Waals surface area contributed by atoms with Crippen molar-refractivity contribution < 1.29 is 4.79 Å². The highest BCUT2D eigenvalue weighted by Gasteiger charge is 2.30. The molecule has 0 spiro atoms. The van der Waals surface area contributed by atoms with E-state index in [0.717, 1.165) is 56.6 Å². The van der Waals surface area contributed by atoms with Crippen LogP contribution >= 0.6 is 11.3 Å². The number of H-pyrrole nitrogens is 1. The SMILES string of the molecule is CCC(=O)N1CCCC[C@H]1c1nc2c(c(=O)[nH]1)CCN(Cc1cccs1)C2. The van der Waals surface area contributed by atoms with Crippen molar-refractivity contribution in [2.24, 2.45) is 0 Å². The Balaban J connectivity index is 1.60. The van der Waals surface area contributed by atoms with Crippen LogP contribution in [0.3, 0.4) is 0 Å². The molecular weight excluding hydrogens is 360 g/mol. The molecule has 2 aliphatic heterocycles. The van der Waals surface area contributed by atoms with E-state index >= 15 is 0 Å². The summed E-state index contributed by atoms with van der Waals surface area (Å²) in [7, 11) is 0. The average Bonchev–Trinajstić information content (AvgIpc) is 3.20. The van der Waals surface area contributed by atoms with Crippen LogP contribution in [0.2, 0.25) is 0 Å². The molecular formula is C20H26N4O2S. The van der Waals surface area contributed by atoms with Gasteiger partial charge in [-0.25, -0.2) is 4.98 Å². The predicted molar refractivity (Wildman–Crippen MR) is 106 cm³/mol. The Kier molecular flexibility index (Phi) is 5.41. The van der Waals surface area contributed by atoms with E-state index in [0.29, 0.717) is 18.8 Å². The number of carbonyl (C=O) groups excluding carboxylic acids is 1. The first-order valence-corrected chi connectivity index (χ1v) is 10.7. The number of thiophene rings is 1. The normalized spacial score (nSPS) is 20.5. The smallest absolute Gasteiger partial charge is 0.254 e. The van der Waals surface area contributed by atoms with E-state index in [-0.39, 0.29) is 17.5 Å². The van der Waals surface area contributed by atoms with Crippen molar-refractivity contribution in [3.05, 3.63) is 49.8 Å². The fourth-order valence-electron chi connectivity index (χ4n) is 4.15. The summed E-state index contributed by atoms with van der Waals surface area (Å²) in [4.78, 5) is 38.5. The highest BCUT2D eigenvalue weighted by Crippen LogP contribution is 2.30. The van der Waals surface area contributed by atoms with Gasteiger partial charge in [-0.3, -0.25) is 14.5 Å². The molecule has 0 saturated carbocycles. The van der Waals surface area contributed by atoms with Crippen LogP contribution in [0.1, 0.15) is 60.6 Å². The number of nitrogens with one attached hydrogen (secondary N) is 1. The maximum absolute atomic E-state index is 12.7. The molecule has 144 valence electrons. The van der Waals surface area contributed by atoms with Crippen LogP contribution in [0.15, 0.2) is 22.3 Å². The number of rotatable bonds is 4. The molecule has 27 heavy (non-hydrogen) atoms. The van der Waals surface area contributed by atoms with Gasteiger partial charge in [0.15, 0.2) is 0 Å². The molecule has 4 heterocycles. The summed E-state index contributed by atoms with van der Waals surface area (Å²) in [6.45, 7) is 5.10. The first-order valence-electron chi connectivity index (χ1n) is 9.82. The first-order chi connectivity index (χ1) is 13.2. The number of aromatic amines is 1. The van der Waals surface area contributed by atoms with Crippen LogP contribution in [0, 0.1) is 0 Å². The largest absolute Gasteiger partial charge is 0.333 e. The molecule has 1 amide bonds. The van der Waals surface area contributed by atoms with Crippen molar-refractivity contribution in [1.82, 2.24) is 19.8 Å². The van der Waals surface area contributed by atoms with Crippen LogP contribution in [-0.4, -0.2) is 38.8 Å². The number of likely N-dealkylation sites (tertiary alicyclic amines) is 1. The third-order valence-electron chi connectivity index (χ3n) is 5.57. The van der Waals surface area contributed by atoms with Gasteiger partial charge in [-0.05, 0) is 37.1 Å². The monoisotopic (exact) mass is 386 g/mol. The molecule has 1 N–H and O–H groups in total. The van der Waals surface area contributed by atoms with E-state index in [1.54, 1.807) is 11.3 Å². The van der Waals surface area contributed by atoms with Gasteiger partial charge in [0.25, 0.3) is 5.56 Å². The lowest BCUT2D eigenvalue weighted by Gasteiger charge is -2.35. The minimum Gasteiger partial charge on any atom is -0.333 e. The van der Waals surface area contributed by atoms with Gasteiger partial charge in [0.1, 0.15) is 5.82 Å². The number of fused-ring (bicyclic) bond motifs is 1. The number of hydrogen-bond acceptors (Lipinski definition) is 5. The summed E-state index contributed by atoms with van der Waals surface area (Å²) in [5.41, 5.74) is 1.66. The summed E-state index contributed by atoms with van der Waals surface area (Å²) in [5, 5.41) is 2.09. The minimum absolute atomic E-state index is 0.0276. The lowest BCUT2D eigenvalue weighted by Crippen LogP contribution is -2.41. The zero-order valence-electron chi connectivity index (χ0n) is 15.7. The molecule has 0 bridgehead atoms. The molecule has 4 rings (SSSR count). The van der Waals surface area contributed by atoms with Gasteiger partial charge in [0.2, 0.25) is 5.91 Å². The third kappa shape index (κ3) is 3.84. The van der Waals surface area contributed by atoms with E-state index in [1.807, 2.05) is 11.8 Å². The third-order valence-corrected chi connectivity index (χ3v) is 6.43. The summed E-state index contributed by atoms with van der Waals surface area (Å²) < 4.78 is 0. The van der Waals surface area contributed by atoms with Crippen molar-refractivity contribution in [2.75, 3.05) is 13.1 Å². The van der Waals surface area contributed by atoms with Crippen LogP contribution < -0.4 is 5.56 Å². The van der Waals surface area contributed by atoms with Crippen molar-refractivity contribution in [2.45, 2.75) is 58.2 Å². The van der Waals surface area contributed by atoms with E-state index in [9.17, 15) is 9.59 Å². The number of carbonyl (C=O) groups is 1. The standard InChI is InChI=1S/C20H26N4O2S/c1-2-18(25)24-9-4-3-7-17(24)19-21-16-13-23(12-14-6-5-11-27-14)10-8-15(16)20(26)22-19/h5-6,11,17H,2-4,7-10,12-13H2,1H3,(H,21,22,26)/t17-/m0/s1. The Bertz CT molecular complexity index is 861. The Morgan fingerprint density at radius 1 is 1.37 bits per heavy atom. The molecule has 1 atom stereocenters. The Hall–Kier alpha value is -1.99. The minimum atomic E-state index is -0.100. The number of nitrogens with zero attached hydrogens (tertiary/aromatic N) is 3. The van der Waals surface area contributed by atoms with Gasteiger partial charge in [0.05, 0.1) is 11.7 Å². The van der Waals surface area contributed by atoms with E-state index in [1.165, 1.54) is 4.88 Å². The molecule has 0 aliphatic carbocycles. The Morgan fingerprint density at radius 2 is 2.26 bits per heavy atom. The molecule has 2 aromatic heterocycles. The highest BCUT2D eigenvalue weighted by molar-refractivity contribution is 7.09. The van der Waals surface area contributed by atoms with Crippen LogP contribution in [0.5, 0.6) is 0 Å². The predicted octanol–water partition coefficient (Wildman–Crippen LogP) is 2.85. The highest BCUT2D eigenvalue weighted by atomic mass is 32.1. The summed E-state index contributed by atoms with van der Waals surface area (Å²) >= 11 is 1.76. The molecule has 0 aromatic carbocycles. The van der Waals surface area contributed by atoms with Gasteiger partial charge < -0.3 is 9.88 Å². The number of piperidine rings is 1. The van der Waals surface area contributed by atoms with Crippen molar-refractivity contribution in [3.63, 3.8) is 0 Å². The molecule has 1 fully saturated rings. The molecule has 0 unspecified atom stereocenters. The quantitative estimate of drug-likeness (QED) is 0.877. The summed E-state index contributed by atoms with van der Waals surface area (Å²) in [6, 6.07) is 4.12. The number of hydrogen-bond donors (Lipinski definition) is 1. The topological polar surface area (TPSA) is 69.3 Å². The van der Waals surface area contributed by atoms with Crippen molar-refractivity contribution >= 4 is 17.2 Å². The second-order valence-corrected chi connectivity index (χ2v) is 8.40. The second-order valence-electron chi connectivity index (χ2n) is 7.37. The molecule has 2 aromatic rings. The molecule has 0 radical (unpaired) electrons. The molecule has 7 heteroatoms. The van der Waals surface area contributed by atoms with E-state index < -0.39 is 0 Å². The van der Waals surface area contributed by atoms with Crippen LogP contribution in [-0.2, 0) is 24.3 Å². The van der Waals surface area contributed by atoms with Crippen molar-refractivity contribution in [1.29, 1.82) is 0 Å². The molecule has 2 aliphatic rings.